The van der Waals surface area contributed by atoms with Crippen LogP contribution in [0.2, 0.25) is 5.02 Å². The van der Waals surface area contributed by atoms with Crippen molar-refractivity contribution in [1.82, 2.24) is 4.90 Å². The summed E-state index contributed by atoms with van der Waals surface area (Å²) in [7, 11) is 1.84. The summed E-state index contributed by atoms with van der Waals surface area (Å²) in [6, 6.07) is 10.6. The van der Waals surface area contributed by atoms with Gasteiger partial charge in [0.25, 0.3) is 0 Å². The van der Waals surface area contributed by atoms with Gasteiger partial charge in [0.05, 0.1) is 5.69 Å². The van der Waals surface area contributed by atoms with Gasteiger partial charge in [-0.05, 0) is 31.1 Å². The molecule has 2 aromatic carbocycles. The molecule has 0 fully saturated rings. The van der Waals surface area contributed by atoms with Crippen LogP contribution in [0.15, 0.2) is 47.1 Å². The molecule has 2 N–H and O–H groups in total. The summed E-state index contributed by atoms with van der Waals surface area (Å²) in [5.41, 5.74) is 8.80. The van der Waals surface area contributed by atoms with Gasteiger partial charge in [0.2, 0.25) is 0 Å². The normalized spacial score (nSPS) is 10.5. The van der Waals surface area contributed by atoms with Crippen molar-refractivity contribution in [2.45, 2.75) is 20.4 Å². The SMILES string of the molecule is CC(C)=C(Cl)N(C)Cc1ccc(-c2ccccc2Cl)c(F)c1N. The molecule has 0 radical (unpaired) electrons. The van der Waals surface area contributed by atoms with Crippen LogP contribution < -0.4 is 5.73 Å². The fourth-order valence-corrected chi connectivity index (χ4v) is 2.66. The Morgan fingerprint density at radius 2 is 1.78 bits per heavy atom. The molecule has 0 aliphatic rings. The first kappa shape index (κ1) is 17.6. The molecule has 0 bridgehead atoms. The molecule has 0 saturated carbocycles. The monoisotopic (exact) mass is 352 g/mol. The van der Waals surface area contributed by atoms with Gasteiger partial charge in [-0.15, -0.1) is 0 Å². The summed E-state index contributed by atoms with van der Waals surface area (Å²) in [6.07, 6.45) is 0. The highest BCUT2D eigenvalue weighted by Crippen LogP contribution is 2.33. The molecule has 0 aliphatic heterocycles. The third-order valence-corrected chi connectivity index (χ3v) is 4.59. The van der Waals surface area contributed by atoms with Gasteiger partial charge in [-0.3, -0.25) is 0 Å². The van der Waals surface area contributed by atoms with Crippen molar-refractivity contribution >= 4 is 28.9 Å². The number of nitrogen functional groups attached to an aromatic ring is 1. The second-order valence-corrected chi connectivity index (χ2v) is 6.39. The predicted octanol–water partition coefficient (Wildman–Crippen LogP) is 5.65. The van der Waals surface area contributed by atoms with Gasteiger partial charge in [-0.25, -0.2) is 4.39 Å². The Labute approximate surface area is 146 Å². The van der Waals surface area contributed by atoms with Crippen molar-refractivity contribution in [2.24, 2.45) is 0 Å². The minimum atomic E-state index is -0.461. The Morgan fingerprint density at radius 3 is 2.39 bits per heavy atom. The lowest BCUT2D eigenvalue weighted by Crippen LogP contribution is -2.16. The number of nitrogens with two attached hydrogens (primary N) is 1. The van der Waals surface area contributed by atoms with E-state index in [0.29, 0.717) is 33.4 Å². The second kappa shape index (κ2) is 7.24. The van der Waals surface area contributed by atoms with E-state index in [2.05, 4.69) is 0 Å². The molecule has 0 heterocycles. The van der Waals surface area contributed by atoms with Gasteiger partial charge in [-0.1, -0.05) is 53.5 Å². The summed E-state index contributed by atoms with van der Waals surface area (Å²) in [4.78, 5) is 1.83. The van der Waals surface area contributed by atoms with Gasteiger partial charge >= 0.3 is 0 Å². The maximum atomic E-state index is 14.7. The predicted molar refractivity (Wildman–Crippen MR) is 97.0 cm³/mol. The molecular weight excluding hydrogens is 334 g/mol. The number of rotatable bonds is 4. The molecular formula is C18H19Cl2FN2. The molecule has 122 valence electrons. The molecule has 0 unspecified atom stereocenters. The van der Waals surface area contributed by atoms with E-state index >= 15 is 0 Å². The summed E-state index contributed by atoms with van der Waals surface area (Å²) in [6.45, 7) is 4.27. The van der Waals surface area contributed by atoms with Crippen LogP contribution in [0.25, 0.3) is 11.1 Å². The molecule has 5 heteroatoms. The molecule has 0 aromatic heterocycles. The van der Waals surface area contributed by atoms with E-state index in [1.165, 1.54) is 0 Å². The molecule has 0 spiro atoms. The number of nitrogens with zero attached hydrogens (tertiary/aromatic N) is 1. The topological polar surface area (TPSA) is 29.3 Å². The standard InChI is InChI=1S/C18H19Cl2FN2/c1-11(2)18(20)23(3)10-12-8-9-14(16(21)17(12)22)13-6-4-5-7-15(13)19/h4-9H,10,22H2,1-3H3. The van der Waals surface area contributed by atoms with Crippen molar-refractivity contribution in [1.29, 1.82) is 0 Å². The van der Waals surface area contributed by atoms with Gasteiger partial charge in [0.1, 0.15) is 5.16 Å². The first-order chi connectivity index (χ1) is 10.8. The van der Waals surface area contributed by atoms with E-state index in [1.807, 2.05) is 37.9 Å². The highest BCUT2D eigenvalue weighted by atomic mass is 35.5. The van der Waals surface area contributed by atoms with Crippen molar-refractivity contribution in [3.8, 4) is 11.1 Å². The maximum Gasteiger partial charge on any atom is 0.154 e. The molecule has 0 aliphatic carbocycles. The number of anilines is 1. The average Bonchev–Trinajstić information content (AvgIpc) is 2.52. The van der Waals surface area contributed by atoms with Crippen LogP contribution >= 0.6 is 23.2 Å². The average molecular weight is 353 g/mol. The van der Waals surface area contributed by atoms with Crippen molar-refractivity contribution in [3.63, 3.8) is 0 Å². The largest absolute Gasteiger partial charge is 0.396 e. The number of hydrogen-bond donors (Lipinski definition) is 1. The van der Waals surface area contributed by atoms with Crippen molar-refractivity contribution < 1.29 is 4.39 Å². The minimum absolute atomic E-state index is 0.118. The lowest BCUT2D eigenvalue weighted by molar-refractivity contribution is 0.433. The Balaban J connectivity index is 2.39. The highest BCUT2D eigenvalue weighted by molar-refractivity contribution is 6.33. The Bertz CT molecular complexity index is 753. The Hall–Kier alpha value is -1.71. The van der Waals surface area contributed by atoms with E-state index in [1.54, 1.807) is 24.3 Å². The summed E-state index contributed by atoms with van der Waals surface area (Å²) in [5.74, 6) is -0.461. The molecule has 2 aromatic rings. The molecule has 0 saturated heterocycles. The second-order valence-electron chi connectivity index (χ2n) is 5.63. The zero-order valence-corrected chi connectivity index (χ0v) is 14.8. The molecule has 0 amide bonds. The number of benzene rings is 2. The van der Waals surface area contributed by atoms with Gasteiger partial charge < -0.3 is 10.6 Å². The van der Waals surface area contributed by atoms with Crippen LogP contribution in [0.3, 0.4) is 0 Å². The lowest BCUT2D eigenvalue weighted by atomic mass is 10.0. The van der Waals surface area contributed by atoms with Crippen LogP contribution in [-0.4, -0.2) is 11.9 Å². The fourth-order valence-electron chi connectivity index (χ4n) is 2.37. The summed E-state index contributed by atoms with van der Waals surface area (Å²) >= 11 is 12.4. The van der Waals surface area contributed by atoms with Crippen molar-refractivity contribution in [2.75, 3.05) is 12.8 Å². The van der Waals surface area contributed by atoms with E-state index in [9.17, 15) is 4.39 Å². The third kappa shape index (κ3) is 3.80. The zero-order chi connectivity index (χ0) is 17.1. The molecule has 2 nitrogen and oxygen atoms in total. The lowest BCUT2D eigenvalue weighted by Gasteiger charge is -2.21. The van der Waals surface area contributed by atoms with Crippen LogP contribution in [0.5, 0.6) is 0 Å². The molecule has 0 atom stereocenters. The van der Waals surface area contributed by atoms with Crippen LogP contribution in [-0.2, 0) is 6.54 Å². The third-order valence-electron chi connectivity index (χ3n) is 3.59. The maximum absolute atomic E-state index is 14.7. The Morgan fingerprint density at radius 1 is 1.13 bits per heavy atom. The van der Waals surface area contributed by atoms with E-state index < -0.39 is 5.82 Å². The van der Waals surface area contributed by atoms with E-state index in [4.69, 9.17) is 28.9 Å². The van der Waals surface area contributed by atoms with Gasteiger partial charge in [0, 0.05) is 29.7 Å². The van der Waals surface area contributed by atoms with Crippen LogP contribution in [0.1, 0.15) is 19.4 Å². The highest BCUT2D eigenvalue weighted by Gasteiger charge is 2.15. The first-order valence-corrected chi connectivity index (χ1v) is 7.94. The molecule has 23 heavy (non-hydrogen) atoms. The fraction of sp³-hybridized carbons (Fsp3) is 0.222. The quantitative estimate of drug-likeness (QED) is 0.568. The van der Waals surface area contributed by atoms with Gasteiger partial charge in [-0.2, -0.15) is 0 Å². The summed E-state index contributed by atoms with van der Waals surface area (Å²) in [5, 5.41) is 1.11. The molecule has 2 rings (SSSR count). The number of allylic oxidation sites excluding steroid dienone is 1. The van der Waals surface area contributed by atoms with Crippen LogP contribution in [0, 0.1) is 5.82 Å². The van der Waals surface area contributed by atoms with Crippen molar-refractivity contribution in [3.05, 3.63) is 63.5 Å². The number of hydrogen-bond acceptors (Lipinski definition) is 2. The Kier molecular flexibility index (Phi) is 5.55. The smallest absolute Gasteiger partial charge is 0.154 e. The van der Waals surface area contributed by atoms with Crippen LogP contribution in [0.4, 0.5) is 10.1 Å². The first-order valence-electron chi connectivity index (χ1n) is 7.18. The summed E-state index contributed by atoms with van der Waals surface area (Å²) < 4.78 is 14.7. The number of halogens is 3. The zero-order valence-electron chi connectivity index (χ0n) is 13.3. The van der Waals surface area contributed by atoms with Gasteiger partial charge in [0.15, 0.2) is 5.82 Å². The van der Waals surface area contributed by atoms with E-state index in [0.717, 1.165) is 5.57 Å². The minimum Gasteiger partial charge on any atom is -0.396 e. The van der Waals surface area contributed by atoms with E-state index in [-0.39, 0.29) is 5.69 Å².